The summed E-state index contributed by atoms with van der Waals surface area (Å²) in [5.74, 6) is -3.49. The van der Waals surface area contributed by atoms with Crippen LogP contribution in [0.25, 0.3) is 0 Å². The molecule has 3 atom stereocenters. The number of nitrogens with one attached hydrogen (secondary N) is 2. The van der Waals surface area contributed by atoms with E-state index < -0.39 is 65.7 Å². The number of hydrogen-bond donors (Lipinski definition) is 4. The van der Waals surface area contributed by atoms with E-state index in [1.54, 1.807) is 71.9 Å². The molecule has 0 saturated heterocycles. The first-order chi connectivity index (χ1) is 21.4. The molecule has 0 radical (unpaired) electrons. The standard InChI is InChI=1S/C33H43N5O8/c1-32(2,3)45-30(43)25(19-21-11-8-7-9-12-21)36-28(41)27(22-13-10-14-23(39)20-22)38(18-17-34)29(42)24(15-16-26(35)40)37-31(44)46-33(4,5)6/h7-14,20,24-25,27,39H,15-16,18-19H2,1-6H3,(H2,35,40)(H,36,41)(H,37,44). The molecule has 248 valence electrons. The number of carbonyl (C=O) groups excluding carboxylic acids is 5. The molecule has 2 rings (SSSR count). The molecular weight excluding hydrogens is 594 g/mol. The van der Waals surface area contributed by atoms with Gasteiger partial charge in [0.1, 0.15) is 41.6 Å². The van der Waals surface area contributed by atoms with E-state index in [9.17, 15) is 34.3 Å². The first kappa shape index (κ1) is 37.1. The van der Waals surface area contributed by atoms with E-state index in [2.05, 4.69) is 10.6 Å². The highest BCUT2D eigenvalue weighted by molar-refractivity contribution is 5.94. The van der Waals surface area contributed by atoms with Gasteiger partial charge >= 0.3 is 12.1 Å². The summed E-state index contributed by atoms with van der Waals surface area (Å²) < 4.78 is 10.9. The number of amides is 4. The molecule has 0 aliphatic carbocycles. The minimum absolute atomic E-state index is 0.0435. The van der Waals surface area contributed by atoms with Crippen LogP contribution < -0.4 is 16.4 Å². The second kappa shape index (κ2) is 16.3. The monoisotopic (exact) mass is 637 g/mol. The zero-order valence-corrected chi connectivity index (χ0v) is 27.0. The van der Waals surface area contributed by atoms with E-state index in [-0.39, 0.29) is 30.6 Å². The lowest BCUT2D eigenvalue weighted by Gasteiger charge is -2.34. The van der Waals surface area contributed by atoms with Gasteiger partial charge in [0.15, 0.2) is 0 Å². The van der Waals surface area contributed by atoms with Crippen LogP contribution in [0.3, 0.4) is 0 Å². The molecule has 13 nitrogen and oxygen atoms in total. The van der Waals surface area contributed by atoms with Crippen molar-refractivity contribution in [3.05, 3.63) is 65.7 Å². The zero-order valence-electron chi connectivity index (χ0n) is 27.0. The van der Waals surface area contributed by atoms with E-state index >= 15 is 0 Å². The molecule has 2 aromatic rings. The molecule has 0 aliphatic heterocycles. The number of primary amides is 1. The summed E-state index contributed by atoms with van der Waals surface area (Å²) in [5.41, 5.74) is 4.33. The maximum Gasteiger partial charge on any atom is 0.408 e. The van der Waals surface area contributed by atoms with Crippen LogP contribution in [0.15, 0.2) is 54.6 Å². The van der Waals surface area contributed by atoms with Crippen LogP contribution in [0.1, 0.15) is 71.6 Å². The van der Waals surface area contributed by atoms with Crippen molar-refractivity contribution in [2.45, 2.75) is 90.1 Å². The number of nitriles is 1. The van der Waals surface area contributed by atoms with Gasteiger partial charge in [0.25, 0.3) is 0 Å². The van der Waals surface area contributed by atoms with E-state index in [4.69, 9.17) is 15.2 Å². The number of hydrogen-bond acceptors (Lipinski definition) is 9. The Morgan fingerprint density at radius 2 is 1.54 bits per heavy atom. The van der Waals surface area contributed by atoms with Crippen LogP contribution in [0.4, 0.5) is 4.79 Å². The Kier molecular flexibility index (Phi) is 13.1. The Hall–Kier alpha value is -5.12. The van der Waals surface area contributed by atoms with Crippen molar-refractivity contribution in [3.8, 4) is 11.8 Å². The predicted molar refractivity (Wildman–Crippen MR) is 168 cm³/mol. The Morgan fingerprint density at radius 3 is 2.09 bits per heavy atom. The fourth-order valence-corrected chi connectivity index (χ4v) is 4.40. The molecule has 0 aliphatic rings. The molecule has 0 spiro atoms. The van der Waals surface area contributed by atoms with Crippen LogP contribution in [0, 0.1) is 11.3 Å². The number of carbonyl (C=O) groups is 5. The number of nitrogens with zero attached hydrogens (tertiary/aromatic N) is 2. The molecule has 13 heteroatoms. The van der Waals surface area contributed by atoms with Crippen LogP contribution >= 0.6 is 0 Å². The Balaban J connectivity index is 2.59. The summed E-state index contributed by atoms with van der Waals surface area (Å²) >= 11 is 0. The Morgan fingerprint density at radius 1 is 0.913 bits per heavy atom. The Labute approximate surface area is 269 Å². The maximum atomic E-state index is 14.2. The largest absolute Gasteiger partial charge is 0.508 e. The lowest BCUT2D eigenvalue weighted by molar-refractivity contribution is -0.159. The van der Waals surface area contributed by atoms with E-state index in [0.29, 0.717) is 5.56 Å². The van der Waals surface area contributed by atoms with Gasteiger partial charge in [-0.25, -0.2) is 9.59 Å². The molecule has 2 aromatic carbocycles. The third kappa shape index (κ3) is 12.5. The summed E-state index contributed by atoms with van der Waals surface area (Å²) in [6.45, 7) is 9.25. The minimum atomic E-state index is -1.57. The third-order valence-electron chi connectivity index (χ3n) is 6.23. The third-order valence-corrected chi connectivity index (χ3v) is 6.23. The minimum Gasteiger partial charge on any atom is -0.508 e. The molecule has 46 heavy (non-hydrogen) atoms. The summed E-state index contributed by atoms with van der Waals surface area (Å²) in [4.78, 5) is 66.7. The van der Waals surface area contributed by atoms with Crippen molar-refractivity contribution in [3.63, 3.8) is 0 Å². The topological polar surface area (TPSA) is 201 Å². The predicted octanol–water partition coefficient (Wildman–Crippen LogP) is 3.01. The van der Waals surface area contributed by atoms with Gasteiger partial charge in [-0.05, 0) is 71.2 Å². The average Bonchev–Trinajstić information content (AvgIpc) is 2.93. The van der Waals surface area contributed by atoms with Gasteiger partial charge in [-0.15, -0.1) is 0 Å². The van der Waals surface area contributed by atoms with E-state index in [1.165, 1.54) is 24.3 Å². The van der Waals surface area contributed by atoms with Gasteiger partial charge in [-0.2, -0.15) is 5.26 Å². The van der Waals surface area contributed by atoms with Gasteiger partial charge in [-0.3, -0.25) is 14.4 Å². The molecule has 4 amide bonds. The quantitative estimate of drug-likeness (QED) is 0.188. The number of esters is 1. The first-order valence-electron chi connectivity index (χ1n) is 14.7. The number of ether oxygens (including phenoxy) is 2. The molecule has 0 bridgehead atoms. The Bertz CT molecular complexity index is 1430. The molecule has 0 aromatic heterocycles. The summed E-state index contributed by atoms with van der Waals surface area (Å²) in [6, 6.07) is 12.0. The van der Waals surface area contributed by atoms with Crippen molar-refractivity contribution in [1.29, 1.82) is 5.26 Å². The SMILES string of the molecule is CC(C)(C)OC(=O)NC(CCC(N)=O)C(=O)N(CC#N)C(C(=O)NC(Cc1ccccc1)C(=O)OC(C)(C)C)c1cccc(O)c1. The fraction of sp³-hybridized carbons (Fsp3) is 0.455. The molecule has 0 heterocycles. The number of nitrogens with two attached hydrogens (primary N) is 1. The maximum absolute atomic E-state index is 14.2. The van der Waals surface area contributed by atoms with Gasteiger partial charge < -0.3 is 35.8 Å². The van der Waals surface area contributed by atoms with Crippen LogP contribution in [-0.4, -0.2) is 69.6 Å². The highest BCUT2D eigenvalue weighted by Crippen LogP contribution is 2.26. The van der Waals surface area contributed by atoms with Gasteiger partial charge in [0.05, 0.1) is 6.07 Å². The number of phenols is 1. The van der Waals surface area contributed by atoms with Crippen molar-refractivity contribution in [2.75, 3.05) is 6.54 Å². The van der Waals surface area contributed by atoms with Crippen molar-refractivity contribution >= 4 is 29.8 Å². The van der Waals surface area contributed by atoms with Crippen LogP contribution in [-0.2, 0) is 35.1 Å². The lowest BCUT2D eigenvalue weighted by Crippen LogP contribution is -2.55. The molecule has 0 fully saturated rings. The van der Waals surface area contributed by atoms with Gasteiger partial charge in [0, 0.05) is 12.8 Å². The molecule has 5 N–H and O–H groups in total. The highest BCUT2D eigenvalue weighted by atomic mass is 16.6. The molecular formula is C33H43N5O8. The second-order valence-electron chi connectivity index (χ2n) is 12.6. The summed E-state index contributed by atoms with van der Waals surface area (Å²) in [5, 5.41) is 25.1. The first-order valence-corrected chi connectivity index (χ1v) is 14.7. The summed E-state index contributed by atoms with van der Waals surface area (Å²) in [6.07, 6.45) is -1.51. The zero-order chi connectivity index (χ0) is 34.7. The molecule has 0 saturated carbocycles. The number of benzene rings is 2. The average molecular weight is 638 g/mol. The van der Waals surface area contributed by atoms with Crippen molar-refractivity contribution in [2.24, 2.45) is 5.73 Å². The number of phenolic OH excluding ortho intramolecular Hbond substituents is 1. The normalized spacial score (nSPS) is 13.2. The van der Waals surface area contributed by atoms with E-state index in [1.807, 2.05) is 6.07 Å². The van der Waals surface area contributed by atoms with Gasteiger partial charge in [0.2, 0.25) is 17.7 Å². The lowest BCUT2D eigenvalue weighted by atomic mass is 10.00. The number of aromatic hydroxyl groups is 1. The number of rotatable bonds is 13. The smallest absolute Gasteiger partial charge is 0.408 e. The van der Waals surface area contributed by atoms with Crippen molar-refractivity contribution in [1.82, 2.24) is 15.5 Å². The number of alkyl carbamates (subject to hydrolysis) is 1. The fourth-order valence-electron chi connectivity index (χ4n) is 4.40. The summed E-state index contributed by atoms with van der Waals surface area (Å²) in [7, 11) is 0. The van der Waals surface area contributed by atoms with Crippen LogP contribution in [0.5, 0.6) is 5.75 Å². The van der Waals surface area contributed by atoms with Gasteiger partial charge in [-0.1, -0.05) is 42.5 Å². The highest BCUT2D eigenvalue weighted by Gasteiger charge is 2.38. The second-order valence-corrected chi connectivity index (χ2v) is 12.6. The van der Waals surface area contributed by atoms with Crippen molar-refractivity contribution < 1.29 is 38.6 Å². The van der Waals surface area contributed by atoms with E-state index in [0.717, 1.165) is 4.90 Å². The molecule has 3 unspecified atom stereocenters. The van der Waals surface area contributed by atoms with Crippen LogP contribution in [0.2, 0.25) is 0 Å².